The lowest BCUT2D eigenvalue weighted by atomic mass is 10.1. The molecule has 0 unspecified atom stereocenters. The Morgan fingerprint density at radius 2 is 1.83 bits per heavy atom. The molecule has 92 valence electrons. The van der Waals surface area contributed by atoms with E-state index in [9.17, 15) is 4.79 Å². The Kier molecular flexibility index (Phi) is 4.24. The zero-order chi connectivity index (χ0) is 13.1. The Bertz CT molecular complexity index is 581. The van der Waals surface area contributed by atoms with E-state index in [1.54, 1.807) is 24.3 Å². The van der Waals surface area contributed by atoms with Gasteiger partial charge in [-0.15, -0.1) is 0 Å². The van der Waals surface area contributed by atoms with Crippen LogP contribution in [0.25, 0.3) is 0 Å². The predicted octanol–water partition coefficient (Wildman–Crippen LogP) is 4.51. The summed E-state index contributed by atoms with van der Waals surface area (Å²) in [4.78, 5) is 12.0. The summed E-state index contributed by atoms with van der Waals surface area (Å²) in [5.41, 5.74) is 2.55. The summed E-state index contributed by atoms with van der Waals surface area (Å²) in [5, 5.41) is 3.48. The first-order chi connectivity index (χ1) is 8.56. The maximum absolute atomic E-state index is 12.0. The Balaban J connectivity index is 2.16. The zero-order valence-corrected chi connectivity index (χ0v) is 12.6. The predicted molar refractivity (Wildman–Crippen MR) is 83.3 cm³/mol. The Morgan fingerprint density at radius 1 is 1.17 bits per heavy atom. The van der Waals surface area contributed by atoms with Crippen LogP contribution in [-0.4, -0.2) is 5.91 Å². The number of amides is 1. The number of hydrogen-bond donors (Lipinski definition) is 1. The first kappa shape index (κ1) is 13.4. The fraction of sp³-hybridized carbons (Fsp3) is 0.0714. The number of rotatable bonds is 2. The van der Waals surface area contributed by atoms with Crippen molar-refractivity contribution < 1.29 is 4.79 Å². The van der Waals surface area contributed by atoms with E-state index in [0.717, 1.165) is 9.26 Å². The minimum atomic E-state index is -0.116. The highest BCUT2D eigenvalue weighted by molar-refractivity contribution is 14.1. The van der Waals surface area contributed by atoms with Crippen molar-refractivity contribution in [3.63, 3.8) is 0 Å². The molecule has 0 atom stereocenters. The van der Waals surface area contributed by atoms with Gasteiger partial charge >= 0.3 is 0 Å². The zero-order valence-electron chi connectivity index (χ0n) is 9.71. The second-order valence-electron chi connectivity index (χ2n) is 3.92. The first-order valence-electron chi connectivity index (χ1n) is 5.39. The summed E-state index contributed by atoms with van der Waals surface area (Å²) >= 11 is 8.01. The van der Waals surface area contributed by atoms with Crippen LogP contribution < -0.4 is 5.32 Å². The van der Waals surface area contributed by atoms with Gasteiger partial charge < -0.3 is 5.32 Å². The number of hydrogen-bond acceptors (Lipinski definition) is 1. The number of benzene rings is 2. The van der Waals surface area contributed by atoms with Crippen LogP contribution in [0, 0.1) is 10.5 Å². The Morgan fingerprint density at radius 3 is 2.44 bits per heavy atom. The van der Waals surface area contributed by atoms with E-state index >= 15 is 0 Å². The van der Waals surface area contributed by atoms with E-state index in [1.165, 1.54) is 5.56 Å². The van der Waals surface area contributed by atoms with Crippen molar-refractivity contribution in [2.75, 3.05) is 5.32 Å². The molecule has 0 saturated heterocycles. The van der Waals surface area contributed by atoms with Gasteiger partial charge in [0.15, 0.2) is 0 Å². The van der Waals surface area contributed by atoms with E-state index < -0.39 is 0 Å². The number of carbonyl (C=O) groups is 1. The van der Waals surface area contributed by atoms with E-state index in [4.69, 9.17) is 11.6 Å². The molecular weight excluding hydrogens is 361 g/mol. The van der Waals surface area contributed by atoms with Gasteiger partial charge in [-0.3, -0.25) is 4.79 Å². The minimum absolute atomic E-state index is 0.116. The first-order valence-corrected chi connectivity index (χ1v) is 6.85. The molecule has 0 aromatic heterocycles. The van der Waals surface area contributed by atoms with Crippen LogP contribution in [0.15, 0.2) is 42.5 Å². The molecule has 2 aromatic rings. The molecule has 0 radical (unpaired) electrons. The molecule has 2 aromatic carbocycles. The molecule has 0 saturated carbocycles. The molecule has 0 spiro atoms. The molecule has 0 aliphatic rings. The van der Waals surface area contributed by atoms with E-state index in [-0.39, 0.29) is 5.91 Å². The lowest BCUT2D eigenvalue weighted by molar-refractivity contribution is 0.102. The molecule has 1 N–H and O–H groups in total. The molecular formula is C14H11ClINO. The van der Waals surface area contributed by atoms with Gasteiger partial charge in [-0.05, 0) is 71.5 Å². The molecule has 0 heterocycles. The average Bonchev–Trinajstić information content (AvgIpc) is 2.35. The third-order valence-corrected chi connectivity index (χ3v) is 3.95. The monoisotopic (exact) mass is 371 g/mol. The topological polar surface area (TPSA) is 29.1 Å². The van der Waals surface area contributed by atoms with Gasteiger partial charge in [0, 0.05) is 19.8 Å². The summed E-state index contributed by atoms with van der Waals surface area (Å²) in [6, 6.07) is 12.7. The van der Waals surface area contributed by atoms with Crippen molar-refractivity contribution in [1.29, 1.82) is 0 Å². The number of carbonyl (C=O) groups excluding carboxylic acids is 1. The van der Waals surface area contributed by atoms with Crippen molar-refractivity contribution in [3.05, 3.63) is 62.2 Å². The van der Waals surface area contributed by atoms with Gasteiger partial charge in [-0.1, -0.05) is 17.7 Å². The van der Waals surface area contributed by atoms with Crippen LogP contribution in [0.3, 0.4) is 0 Å². The van der Waals surface area contributed by atoms with Crippen LogP contribution in [0.4, 0.5) is 5.69 Å². The average molecular weight is 372 g/mol. The van der Waals surface area contributed by atoms with Crippen LogP contribution >= 0.6 is 34.2 Å². The molecule has 0 aliphatic heterocycles. The van der Waals surface area contributed by atoms with Gasteiger partial charge in [0.1, 0.15) is 0 Å². The maximum atomic E-state index is 12.0. The molecule has 0 fully saturated rings. The Hall–Kier alpha value is -1.07. The van der Waals surface area contributed by atoms with E-state index in [0.29, 0.717) is 10.6 Å². The highest BCUT2D eigenvalue weighted by Crippen LogP contribution is 2.17. The highest BCUT2D eigenvalue weighted by Gasteiger charge is 2.07. The summed E-state index contributed by atoms with van der Waals surface area (Å²) < 4.78 is 1.08. The lowest BCUT2D eigenvalue weighted by Crippen LogP contribution is -2.12. The summed E-state index contributed by atoms with van der Waals surface area (Å²) in [6.07, 6.45) is 0. The molecule has 0 bridgehead atoms. The summed E-state index contributed by atoms with van der Waals surface area (Å²) in [5.74, 6) is -0.116. The number of anilines is 1. The third kappa shape index (κ3) is 3.23. The fourth-order valence-electron chi connectivity index (χ4n) is 1.47. The van der Waals surface area contributed by atoms with Gasteiger partial charge in [0.05, 0.1) is 0 Å². The lowest BCUT2D eigenvalue weighted by Gasteiger charge is -2.06. The van der Waals surface area contributed by atoms with Crippen molar-refractivity contribution in [2.45, 2.75) is 6.92 Å². The molecule has 2 rings (SSSR count). The van der Waals surface area contributed by atoms with Crippen molar-refractivity contribution in [2.24, 2.45) is 0 Å². The van der Waals surface area contributed by atoms with Crippen LogP contribution in [0.2, 0.25) is 5.02 Å². The van der Waals surface area contributed by atoms with Crippen molar-refractivity contribution in [1.82, 2.24) is 0 Å². The normalized spacial score (nSPS) is 10.2. The number of halogens is 2. The van der Waals surface area contributed by atoms with E-state index in [1.807, 2.05) is 25.1 Å². The fourth-order valence-corrected chi connectivity index (χ4v) is 2.11. The third-order valence-electron chi connectivity index (χ3n) is 2.54. The molecule has 1 amide bonds. The SMILES string of the molecule is Cc1ccc(C(=O)Nc2ccc(Cl)cc2)cc1I. The van der Waals surface area contributed by atoms with Gasteiger partial charge in [-0.25, -0.2) is 0 Å². The summed E-state index contributed by atoms with van der Waals surface area (Å²) in [7, 11) is 0. The largest absolute Gasteiger partial charge is 0.322 e. The minimum Gasteiger partial charge on any atom is -0.322 e. The van der Waals surface area contributed by atoms with Crippen molar-refractivity contribution >= 4 is 45.8 Å². The smallest absolute Gasteiger partial charge is 0.255 e. The molecule has 0 aliphatic carbocycles. The van der Waals surface area contributed by atoms with Gasteiger partial charge in [0.2, 0.25) is 0 Å². The second-order valence-corrected chi connectivity index (χ2v) is 5.52. The number of nitrogens with one attached hydrogen (secondary N) is 1. The quantitative estimate of drug-likeness (QED) is 0.774. The highest BCUT2D eigenvalue weighted by atomic mass is 127. The van der Waals surface area contributed by atoms with Crippen molar-refractivity contribution in [3.8, 4) is 0 Å². The maximum Gasteiger partial charge on any atom is 0.255 e. The van der Waals surface area contributed by atoms with Gasteiger partial charge in [0.25, 0.3) is 5.91 Å². The van der Waals surface area contributed by atoms with Crippen LogP contribution in [-0.2, 0) is 0 Å². The molecule has 4 heteroatoms. The molecule has 2 nitrogen and oxygen atoms in total. The summed E-state index contributed by atoms with van der Waals surface area (Å²) in [6.45, 7) is 2.02. The van der Waals surface area contributed by atoms with E-state index in [2.05, 4.69) is 27.9 Å². The van der Waals surface area contributed by atoms with Crippen LogP contribution in [0.5, 0.6) is 0 Å². The number of aryl methyl sites for hydroxylation is 1. The van der Waals surface area contributed by atoms with Crippen LogP contribution in [0.1, 0.15) is 15.9 Å². The molecule has 18 heavy (non-hydrogen) atoms. The standard InChI is InChI=1S/C14H11ClINO/c1-9-2-3-10(8-13(9)16)14(18)17-12-6-4-11(15)5-7-12/h2-8H,1H3,(H,17,18). The van der Waals surface area contributed by atoms with Gasteiger partial charge in [-0.2, -0.15) is 0 Å². The Labute approximate surface area is 124 Å². The second kappa shape index (κ2) is 5.71.